The van der Waals surface area contributed by atoms with E-state index in [1.54, 1.807) is 4.90 Å². The van der Waals surface area contributed by atoms with Gasteiger partial charge in [0.25, 0.3) is 11.1 Å². The van der Waals surface area contributed by atoms with Crippen molar-refractivity contribution in [3.63, 3.8) is 0 Å². The zero-order valence-electron chi connectivity index (χ0n) is 16.8. The van der Waals surface area contributed by atoms with Gasteiger partial charge in [-0.05, 0) is 61.2 Å². The van der Waals surface area contributed by atoms with Crippen LogP contribution in [0.3, 0.4) is 0 Å². The lowest BCUT2D eigenvalue weighted by Gasteiger charge is -2.29. The molecular formula is C22H22N2O5S. The maximum atomic E-state index is 12.7. The van der Waals surface area contributed by atoms with Crippen molar-refractivity contribution in [3.8, 4) is 11.5 Å². The highest BCUT2D eigenvalue weighted by molar-refractivity contribution is 8.15. The van der Waals surface area contributed by atoms with Crippen molar-refractivity contribution in [1.29, 1.82) is 0 Å². The first-order valence-corrected chi connectivity index (χ1v) is 10.6. The standard InChI is InChI=1S/C22H22N2O5S/c1-13-9-17-18(10-14(13)2)29-12-24(21(17)26)7-8-28-16-5-3-15(4-6-16)11-19-20(25)23-22(27)30-19/h3-6,9-10,19H,7-8,11-12H2,1-2H3,(H,23,25,27). The highest BCUT2D eigenvalue weighted by Gasteiger charge is 2.31. The molecule has 1 fully saturated rings. The van der Waals surface area contributed by atoms with Gasteiger partial charge in [-0.2, -0.15) is 0 Å². The number of thioether (sulfide) groups is 1. The molecule has 0 aliphatic carbocycles. The lowest BCUT2D eigenvalue weighted by molar-refractivity contribution is -0.118. The summed E-state index contributed by atoms with van der Waals surface area (Å²) in [5, 5.41) is 1.61. The average Bonchev–Trinajstić information content (AvgIpc) is 3.03. The Morgan fingerprint density at radius 3 is 2.57 bits per heavy atom. The van der Waals surface area contributed by atoms with Crippen LogP contribution in [0.2, 0.25) is 0 Å². The molecule has 1 unspecified atom stereocenters. The minimum Gasteiger partial charge on any atom is -0.492 e. The van der Waals surface area contributed by atoms with E-state index in [1.807, 2.05) is 50.2 Å². The Morgan fingerprint density at radius 1 is 1.13 bits per heavy atom. The molecule has 2 aromatic rings. The molecule has 2 aromatic carbocycles. The molecule has 2 aliphatic rings. The summed E-state index contributed by atoms with van der Waals surface area (Å²) in [6.07, 6.45) is 0.487. The van der Waals surface area contributed by atoms with Gasteiger partial charge in [0.2, 0.25) is 5.91 Å². The molecule has 0 aromatic heterocycles. The van der Waals surface area contributed by atoms with Gasteiger partial charge in [0.05, 0.1) is 17.4 Å². The van der Waals surface area contributed by atoms with Crippen LogP contribution in [-0.4, -0.2) is 47.1 Å². The van der Waals surface area contributed by atoms with Crippen molar-refractivity contribution in [2.75, 3.05) is 19.9 Å². The van der Waals surface area contributed by atoms with Crippen LogP contribution in [0.25, 0.3) is 0 Å². The second-order valence-electron chi connectivity index (χ2n) is 7.35. The molecule has 3 amide bonds. The van der Waals surface area contributed by atoms with Gasteiger partial charge < -0.3 is 14.4 Å². The molecule has 0 saturated carbocycles. The molecule has 7 nitrogen and oxygen atoms in total. The fraction of sp³-hybridized carbons (Fsp3) is 0.318. The first-order valence-electron chi connectivity index (χ1n) is 9.67. The Balaban J connectivity index is 1.29. The molecule has 1 N–H and O–H groups in total. The number of amides is 3. The van der Waals surface area contributed by atoms with Crippen LogP contribution in [0, 0.1) is 13.8 Å². The number of carbonyl (C=O) groups excluding carboxylic acids is 3. The van der Waals surface area contributed by atoms with Gasteiger partial charge in [0.1, 0.15) is 18.1 Å². The molecular weight excluding hydrogens is 404 g/mol. The molecule has 0 radical (unpaired) electrons. The number of hydrogen-bond acceptors (Lipinski definition) is 6. The molecule has 156 valence electrons. The molecule has 1 saturated heterocycles. The van der Waals surface area contributed by atoms with E-state index < -0.39 is 0 Å². The Bertz CT molecular complexity index is 1010. The van der Waals surface area contributed by atoms with Gasteiger partial charge in [-0.3, -0.25) is 19.7 Å². The van der Waals surface area contributed by atoms with E-state index >= 15 is 0 Å². The average molecular weight is 426 g/mol. The number of imide groups is 1. The van der Waals surface area contributed by atoms with E-state index in [-0.39, 0.29) is 29.0 Å². The smallest absolute Gasteiger partial charge is 0.286 e. The first kappa shape index (κ1) is 20.3. The van der Waals surface area contributed by atoms with Crippen LogP contribution in [0.15, 0.2) is 36.4 Å². The van der Waals surface area contributed by atoms with Crippen molar-refractivity contribution in [3.05, 3.63) is 58.7 Å². The largest absolute Gasteiger partial charge is 0.492 e. The van der Waals surface area contributed by atoms with Crippen molar-refractivity contribution in [1.82, 2.24) is 10.2 Å². The van der Waals surface area contributed by atoms with Crippen molar-refractivity contribution < 1.29 is 23.9 Å². The number of nitrogens with one attached hydrogen (secondary N) is 1. The van der Waals surface area contributed by atoms with Crippen LogP contribution < -0.4 is 14.8 Å². The predicted molar refractivity (Wildman–Crippen MR) is 113 cm³/mol. The molecule has 0 spiro atoms. The zero-order valence-corrected chi connectivity index (χ0v) is 17.6. The van der Waals surface area contributed by atoms with Crippen LogP contribution >= 0.6 is 11.8 Å². The maximum Gasteiger partial charge on any atom is 0.286 e. The van der Waals surface area contributed by atoms with Crippen LogP contribution in [0.1, 0.15) is 27.0 Å². The fourth-order valence-electron chi connectivity index (χ4n) is 3.36. The number of rotatable bonds is 6. The number of fused-ring (bicyclic) bond motifs is 1. The van der Waals surface area contributed by atoms with Gasteiger partial charge in [0.15, 0.2) is 6.73 Å². The van der Waals surface area contributed by atoms with Gasteiger partial charge >= 0.3 is 0 Å². The third-order valence-corrected chi connectivity index (χ3v) is 6.21. The zero-order chi connectivity index (χ0) is 21.3. The van der Waals surface area contributed by atoms with Crippen LogP contribution in [0.4, 0.5) is 4.79 Å². The topological polar surface area (TPSA) is 84.9 Å². The summed E-state index contributed by atoms with van der Waals surface area (Å²) in [4.78, 5) is 37.3. The molecule has 2 heterocycles. The quantitative estimate of drug-likeness (QED) is 0.764. The highest BCUT2D eigenvalue weighted by Crippen LogP contribution is 2.28. The van der Waals surface area contributed by atoms with E-state index in [9.17, 15) is 14.4 Å². The van der Waals surface area contributed by atoms with E-state index in [2.05, 4.69) is 5.32 Å². The summed E-state index contributed by atoms with van der Waals surface area (Å²) in [5.41, 5.74) is 3.69. The highest BCUT2D eigenvalue weighted by atomic mass is 32.2. The van der Waals surface area contributed by atoms with Gasteiger partial charge in [0, 0.05) is 0 Å². The predicted octanol–water partition coefficient (Wildman–Crippen LogP) is 3.07. The summed E-state index contributed by atoms with van der Waals surface area (Å²) >= 11 is 1.02. The van der Waals surface area contributed by atoms with E-state index in [0.29, 0.717) is 36.6 Å². The third-order valence-electron chi connectivity index (χ3n) is 5.23. The Kier molecular flexibility index (Phi) is 5.67. The summed E-state index contributed by atoms with van der Waals surface area (Å²) in [6, 6.07) is 11.2. The number of ether oxygens (including phenoxy) is 2. The lowest BCUT2D eigenvalue weighted by Crippen LogP contribution is -2.41. The molecule has 8 heteroatoms. The Morgan fingerprint density at radius 2 is 1.87 bits per heavy atom. The number of benzene rings is 2. The minimum absolute atomic E-state index is 0.0554. The van der Waals surface area contributed by atoms with E-state index in [1.165, 1.54) is 0 Å². The van der Waals surface area contributed by atoms with Crippen molar-refractivity contribution >= 4 is 28.8 Å². The lowest BCUT2D eigenvalue weighted by atomic mass is 10.0. The second kappa shape index (κ2) is 8.39. The Hall–Kier alpha value is -3.00. The molecule has 2 aliphatic heterocycles. The number of hydrogen-bond donors (Lipinski definition) is 1. The minimum atomic E-state index is -0.385. The van der Waals surface area contributed by atoms with Crippen LogP contribution in [-0.2, 0) is 11.2 Å². The SMILES string of the molecule is Cc1cc2c(cc1C)C(=O)N(CCOc1ccc(CC3SC(=O)NC3=O)cc1)CO2. The monoisotopic (exact) mass is 426 g/mol. The van der Waals surface area contributed by atoms with Gasteiger partial charge in [-0.25, -0.2) is 0 Å². The van der Waals surface area contributed by atoms with Gasteiger partial charge in [-0.1, -0.05) is 23.9 Å². The molecule has 30 heavy (non-hydrogen) atoms. The summed E-state index contributed by atoms with van der Waals surface area (Å²) < 4.78 is 11.5. The first-order chi connectivity index (χ1) is 14.4. The fourth-order valence-corrected chi connectivity index (χ4v) is 4.22. The molecule has 1 atom stereocenters. The summed E-state index contributed by atoms with van der Waals surface area (Å²) in [7, 11) is 0. The molecule has 0 bridgehead atoms. The Labute approximate surface area is 178 Å². The second-order valence-corrected chi connectivity index (χ2v) is 8.53. The maximum absolute atomic E-state index is 12.7. The summed E-state index contributed by atoms with van der Waals surface area (Å²) in [6.45, 7) is 4.93. The molecule has 4 rings (SSSR count). The normalized spacial score (nSPS) is 18.1. The van der Waals surface area contributed by atoms with Crippen LogP contribution in [0.5, 0.6) is 11.5 Å². The van der Waals surface area contributed by atoms with E-state index in [4.69, 9.17) is 9.47 Å². The summed E-state index contributed by atoms with van der Waals surface area (Å²) in [5.74, 6) is 1.01. The van der Waals surface area contributed by atoms with E-state index in [0.717, 1.165) is 28.5 Å². The number of aryl methyl sites for hydroxylation is 2. The number of nitrogens with zero attached hydrogens (tertiary/aromatic N) is 1. The third kappa shape index (κ3) is 4.28. The van der Waals surface area contributed by atoms with Crippen molar-refractivity contribution in [2.24, 2.45) is 0 Å². The van der Waals surface area contributed by atoms with Crippen molar-refractivity contribution in [2.45, 2.75) is 25.5 Å². The van der Waals surface area contributed by atoms with Gasteiger partial charge in [-0.15, -0.1) is 0 Å². The number of carbonyl (C=O) groups is 3.